The number of nitrogens with two attached hydrogens (primary N) is 1. The van der Waals surface area contributed by atoms with E-state index >= 15 is 0 Å². The number of aromatic nitrogens is 3. The van der Waals surface area contributed by atoms with Crippen LogP contribution in [0.4, 0.5) is 11.8 Å². The third-order valence-electron chi connectivity index (χ3n) is 3.15. The molecule has 0 saturated heterocycles. The smallest absolute Gasteiger partial charge is 0.223 e. The fourth-order valence-electron chi connectivity index (χ4n) is 2.13. The van der Waals surface area contributed by atoms with Gasteiger partial charge in [-0.1, -0.05) is 6.92 Å². The summed E-state index contributed by atoms with van der Waals surface area (Å²) in [6, 6.07) is 2.15. The average Bonchev–Trinajstić information content (AvgIpc) is 3.04. The second kappa shape index (κ2) is 5.95. The molecule has 3 aromatic rings. The monoisotopic (exact) mass is 319 g/mol. The topological polar surface area (TPSA) is 76.7 Å². The third kappa shape index (κ3) is 3.14. The number of aryl methyl sites for hydroxylation is 2. The molecule has 0 unspecified atom stereocenters. The quantitative estimate of drug-likeness (QED) is 0.755. The molecule has 21 heavy (non-hydrogen) atoms. The molecule has 3 N–H and O–H groups in total. The lowest BCUT2D eigenvalue weighted by molar-refractivity contribution is 0.962. The zero-order valence-electron chi connectivity index (χ0n) is 12.0. The first kappa shape index (κ1) is 14.2. The van der Waals surface area contributed by atoms with E-state index in [1.54, 1.807) is 22.7 Å². The number of hydrogen-bond donors (Lipinski definition) is 2. The standard InChI is InChI=1S/C14H17N5S2/c1-3-10-6-11-12(18-14(15)19-13(11)21-10)16-5-4-9-7-20-8(2)17-9/h6-7H,3-5H2,1-2H3,(H3,15,16,18,19). The molecule has 0 fully saturated rings. The molecule has 3 heterocycles. The number of hydrogen-bond acceptors (Lipinski definition) is 7. The highest BCUT2D eigenvalue weighted by molar-refractivity contribution is 7.18. The van der Waals surface area contributed by atoms with Crippen LogP contribution in [0.3, 0.4) is 0 Å². The lowest BCUT2D eigenvalue weighted by Gasteiger charge is -2.06. The van der Waals surface area contributed by atoms with Gasteiger partial charge in [0.15, 0.2) is 0 Å². The van der Waals surface area contributed by atoms with Gasteiger partial charge in [0.05, 0.1) is 16.1 Å². The number of anilines is 2. The Morgan fingerprint density at radius 2 is 2.14 bits per heavy atom. The van der Waals surface area contributed by atoms with Gasteiger partial charge in [-0.2, -0.15) is 4.98 Å². The van der Waals surface area contributed by atoms with Crippen LogP contribution in [0.1, 0.15) is 22.5 Å². The van der Waals surface area contributed by atoms with Gasteiger partial charge < -0.3 is 11.1 Å². The molecule has 0 atom stereocenters. The van der Waals surface area contributed by atoms with Crippen LogP contribution in [0.25, 0.3) is 10.2 Å². The minimum atomic E-state index is 0.319. The summed E-state index contributed by atoms with van der Waals surface area (Å²) in [6.07, 6.45) is 1.87. The Kier molecular flexibility index (Phi) is 4.03. The highest BCUT2D eigenvalue weighted by Gasteiger charge is 2.10. The minimum Gasteiger partial charge on any atom is -0.369 e. The first-order chi connectivity index (χ1) is 10.2. The summed E-state index contributed by atoms with van der Waals surface area (Å²) in [5.41, 5.74) is 6.91. The van der Waals surface area contributed by atoms with Crippen molar-refractivity contribution >= 4 is 44.7 Å². The molecule has 110 valence electrons. The summed E-state index contributed by atoms with van der Waals surface area (Å²) in [7, 11) is 0. The van der Waals surface area contributed by atoms with Crippen LogP contribution in [0, 0.1) is 6.92 Å². The van der Waals surface area contributed by atoms with Gasteiger partial charge in [0.2, 0.25) is 5.95 Å². The fraction of sp³-hybridized carbons (Fsp3) is 0.357. The number of rotatable bonds is 5. The summed E-state index contributed by atoms with van der Waals surface area (Å²) in [4.78, 5) is 15.3. The van der Waals surface area contributed by atoms with Crippen LogP contribution in [-0.2, 0) is 12.8 Å². The average molecular weight is 319 g/mol. The molecule has 7 heteroatoms. The molecule has 0 saturated carbocycles. The normalized spacial score (nSPS) is 11.1. The highest BCUT2D eigenvalue weighted by atomic mass is 32.1. The van der Waals surface area contributed by atoms with Crippen LogP contribution in [0.15, 0.2) is 11.4 Å². The van der Waals surface area contributed by atoms with Gasteiger partial charge >= 0.3 is 0 Å². The van der Waals surface area contributed by atoms with E-state index in [1.165, 1.54) is 4.88 Å². The van der Waals surface area contributed by atoms with Gasteiger partial charge in [0.25, 0.3) is 0 Å². The SMILES string of the molecule is CCc1cc2c(NCCc3csc(C)n3)nc(N)nc2s1. The van der Waals surface area contributed by atoms with Crippen molar-refractivity contribution in [1.29, 1.82) is 0 Å². The summed E-state index contributed by atoms with van der Waals surface area (Å²) in [6.45, 7) is 4.94. The Hall–Kier alpha value is -1.73. The molecular formula is C14H17N5S2. The zero-order chi connectivity index (χ0) is 14.8. The third-order valence-corrected chi connectivity index (χ3v) is 5.15. The van der Waals surface area contributed by atoms with E-state index in [1.807, 2.05) is 6.92 Å². The van der Waals surface area contributed by atoms with Crippen LogP contribution in [0.2, 0.25) is 0 Å². The zero-order valence-corrected chi connectivity index (χ0v) is 13.6. The van der Waals surface area contributed by atoms with Crippen LogP contribution in [0.5, 0.6) is 0 Å². The number of nitrogens with zero attached hydrogens (tertiary/aromatic N) is 3. The van der Waals surface area contributed by atoms with E-state index in [-0.39, 0.29) is 0 Å². The van der Waals surface area contributed by atoms with E-state index in [2.05, 4.69) is 38.6 Å². The van der Waals surface area contributed by atoms with Crippen molar-refractivity contribution in [3.63, 3.8) is 0 Å². The maximum absolute atomic E-state index is 5.80. The second-order valence-corrected chi connectivity index (χ2v) is 6.93. The number of thiophene rings is 1. The summed E-state index contributed by atoms with van der Waals surface area (Å²) >= 11 is 3.36. The molecule has 0 bridgehead atoms. The van der Waals surface area contributed by atoms with Gasteiger partial charge in [-0.25, -0.2) is 9.97 Å². The predicted molar refractivity (Wildman–Crippen MR) is 90.3 cm³/mol. The molecule has 0 aromatic carbocycles. The number of fused-ring (bicyclic) bond motifs is 1. The first-order valence-corrected chi connectivity index (χ1v) is 8.56. The lowest BCUT2D eigenvalue weighted by Crippen LogP contribution is -2.08. The number of thiazole rings is 1. The van der Waals surface area contributed by atoms with Crippen molar-refractivity contribution in [3.05, 3.63) is 27.0 Å². The van der Waals surface area contributed by atoms with E-state index < -0.39 is 0 Å². The Bertz CT molecular complexity index is 762. The molecule has 0 radical (unpaired) electrons. The predicted octanol–water partition coefficient (Wildman–Crippen LogP) is 3.26. The van der Waals surface area contributed by atoms with Crippen molar-refractivity contribution in [2.24, 2.45) is 0 Å². The van der Waals surface area contributed by atoms with Crippen LogP contribution in [-0.4, -0.2) is 21.5 Å². The van der Waals surface area contributed by atoms with Crippen molar-refractivity contribution in [2.45, 2.75) is 26.7 Å². The molecular weight excluding hydrogens is 302 g/mol. The van der Waals surface area contributed by atoms with Crippen molar-refractivity contribution in [3.8, 4) is 0 Å². The maximum Gasteiger partial charge on any atom is 0.223 e. The molecule has 5 nitrogen and oxygen atoms in total. The largest absolute Gasteiger partial charge is 0.369 e. The molecule has 0 spiro atoms. The molecule has 0 amide bonds. The summed E-state index contributed by atoms with van der Waals surface area (Å²) < 4.78 is 0. The Balaban J connectivity index is 1.77. The van der Waals surface area contributed by atoms with Gasteiger partial charge in [-0.3, -0.25) is 0 Å². The second-order valence-electron chi connectivity index (χ2n) is 4.75. The van der Waals surface area contributed by atoms with Crippen LogP contribution < -0.4 is 11.1 Å². The van der Waals surface area contributed by atoms with Crippen LogP contribution >= 0.6 is 22.7 Å². The van der Waals surface area contributed by atoms with Crippen molar-refractivity contribution < 1.29 is 0 Å². The van der Waals surface area contributed by atoms with E-state index in [9.17, 15) is 0 Å². The van der Waals surface area contributed by atoms with Gasteiger partial charge in [-0.15, -0.1) is 22.7 Å². The van der Waals surface area contributed by atoms with Crippen molar-refractivity contribution in [2.75, 3.05) is 17.6 Å². The summed E-state index contributed by atoms with van der Waals surface area (Å²) in [5, 5.41) is 7.62. The minimum absolute atomic E-state index is 0.319. The molecule has 0 aliphatic carbocycles. The molecule has 0 aliphatic rings. The highest BCUT2D eigenvalue weighted by Crippen LogP contribution is 2.29. The molecule has 3 aromatic heterocycles. The number of nitrogens with one attached hydrogen (secondary N) is 1. The first-order valence-electron chi connectivity index (χ1n) is 6.86. The van der Waals surface area contributed by atoms with E-state index in [4.69, 9.17) is 5.73 Å². The molecule has 3 rings (SSSR count). The Morgan fingerprint density at radius 3 is 2.86 bits per heavy atom. The van der Waals surface area contributed by atoms with Crippen molar-refractivity contribution in [1.82, 2.24) is 15.0 Å². The Labute approximate surface area is 131 Å². The maximum atomic E-state index is 5.80. The lowest BCUT2D eigenvalue weighted by atomic mass is 10.3. The Morgan fingerprint density at radius 1 is 1.29 bits per heavy atom. The van der Waals surface area contributed by atoms with E-state index in [0.29, 0.717) is 5.95 Å². The summed E-state index contributed by atoms with van der Waals surface area (Å²) in [5.74, 6) is 1.14. The van der Waals surface area contributed by atoms with Gasteiger partial charge in [-0.05, 0) is 19.4 Å². The van der Waals surface area contributed by atoms with E-state index in [0.717, 1.165) is 46.1 Å². The molecule has 0 aliphatic heterocycles. The van der Waals surface area contributed by atoms with Gasteiger partial charge in [0.1, 0.15) is 10.6 Å². The fourth-order valence-corrected chi connectivity index (χ4v) is 3.75. The number of nitrogen functional groups attached to an aromatic ring is 1. The van der Waals surface area contributed by atoms with Gasteiger partial charge in [0, 0.05) is 23.2 Å².